The summed E-state index contributed by atoms with van der Waals surface area (Å²) >= 11 is 0. The van der Waals surface area contributed by atoms with Gasteiger partial charge in [-0.05, 0) is 86.1 Å². The molecule has 2 fully saturated rings. The summed E-state index contributed by atoms with van der Waals surface area (Å²) in [5.74, 6) is -2.86. The topological polar surface area (TPSA) is 193 Å². The van der Waals surface area contributed by atoms with Gasteiger partial charge < -0.3 is 50.1 Å². The van der Waals surface area contributed by atoms with Crippen molar-refractivity contribution in [1.29, 1.82) is 0 Å². The summed E-state index contributed by atoms with van der Waals surface area (Å²) in [5.41, 5.74) is 2.90. The van der Waals surface area contributed by atoms with Gasteiger partial charge in [-0.15, -0.1) is 0 Å². The van der Waals surface area contributed by atoms with E-state index >= 15 is 0 Å². The van der Waals surface area contributed by atoms with Crippen molar-refractivity contribution in [3.05, 3.63) is 77.9 Å². The smallest absolute Gasteiger partial charge is 0.407 e. The Hall–Kier alpha value is -6.27. The van der Waals surface area contributed by atoms with Crippen LogP contribution in [-0.2, 0) is 23.9 Å². The lowest BCUT2D eigenvalue weighted by molar-refractivity contribution is -0.139. The van der Waals surface area contributed by atoms with E-state index in [0.717, 1.165) is 6.07 Å². The van der Waals surface area contributed by atoms with Crippen LogP contribution in [0.1, 0.15) is 65.2 Å². The van der Waals surface area contributed by atoms with Crippen LogP contribution in [0.4, 0.5) is 29.7 Å². The van der Waals surface area contributed by atoms with Gasteiger partial charge in [-0.2, -0.15) is 0 Å². The maximum absolute atomic E-state index is 14.8. The summed E-state index contributed by atoms with van der Waals surface area (Å²) in [7, 11) is 2.45. The van der Waals surface area contributed by atoms with Crippen LogP contribution in [0.15, 0.2) is 60.7 Å². The summed E-state index contributed by atoms with van der Waals surface area (Å²) in [6.45, 7) is 8.05. The number of nitrogens with zero attached hydrogens (tertiary/aromatic N) is 3. The van der Waals surface area contributed by atoms with Crippen LogP contribution in [-0.4, -0.2) is 107 Å². The number of anilines is 2. The van der Waals surface area contributed by atoms with Gasteiger partial charge in [-0.1, -0.05) is 27.7 Å². The number of carbonyl (C=O) groups is 5. The average Bonchev–Trinajstić information content (AvgIpc) is 4.02. The minimum Gasteiger partial charge on any atom is -0.465 e. The quantitative estimate of drug-likeness (QED) is 0.114. The Balaban J connectivity index is 1.16. The number of aliphatic hydroxyl groups is 1. The van der Waals surface area contributed by atoms with Crippen molar-refractivity contribution in [2.75, 3.05) is 37.9 Å². The monoisotopic (exact) mass is 873 g/mol. The number of methoxy groups -OCH3 is 2. The van der Waals surface area contributed by atoms with Gasteiger partial charge in [-0.25, -0.2) is 18.4 Å². The number of benzene rings is 3. The van der Waals surface area contributed by atoms with E-state index in [1.54, 1.807) is 59.7 Å². The Bertz CT molecular complexity index is 2390. The van der Waals surface area contributed by atoms with Crippen LogP contribution in [0, 0.1) is 23.5 Å². The normalized spacial score (nSPS) is 19.7. The lowest BCUT2D eigenvalue weighted by Gasteiger charge is -2.36. The number of halogens is 2. The van der Waals surface area contributed by atoms with Gasteiger partial charge in [0.2, 0.25) is 23.9 Å². The Morgan fingerprint density at radius 1 is 0.762 bits per heavy atom. The van der Waals surface area contributed by atoms with E-state index in [0.29, 0.717) is 78.1 Å². The number of hydrogen-bond donors (Lipinski definition) is 5. The number of likely N-dealkylation sites (tertiary alicyclic amines) is 2. The molecule has 1 aromatic heterocycles. The minimum absolute atomic E-state index is 0.177. The van der Waals surface area contributed by atoms with Gasteiger partial charge in [0, 0.05) is 53.1 Å². The second-order valence-electron chi connectivity index (χ2n) is 16.8. The van der Waals surface area contributed by atoms with Crippen molar-refractivity contribution in [3.63, 3.8) is 0 Å². The molecule has 2 saturated heterocycles. The van der Waals surface area contributed by atoms with E-state index in [1.165, 1.54) is 31.3 Å². The number of ether oxygens (including phenoxy) is 3. The Morgan fingerprint density at radius 3 is 2.05 bits per heavy atom. The number of hydrogen-bond acceptors (Lipinski definition) is 10. The fourth-order valence-electron chi connectivity index (χ4n) is 8.80. The number of aliphatic hydroxyl groups excluding tert-OH is 1. The molecule has 2 unspecified atom stereocenters. The minimum atomic E-state index is -1.17. The van der Waals surface area contributed by atoms with E-state index < -0.39 is 66.4 Å². The van der Waals surface area contributed by atoms with Gasteiger partial charge in [0.05, 0.1) is 37.5 Å². The number of alkyl carbamates (subject to hydrolysis) is 2. The van der Waals surface area contributed by atoms with Crippen LogP contribution in [0.25, 0.3) is 22.2 Å². The molecule has 0 bridgehead atoms. The lowest BCUT2D eigenvalue weighted by Crippen LogP contribution is -2.57. The van der Waals surface area contributed by atoms with Crippen LogP contribution in [0.2, 0.25) is 0 Å². The fraction of sp³-hybridized carbons (Fsp3) is 0.444. The predicted octanol–water partition coefficient (Wildman–Crippen LogP) is 5.94. The SMILES string of the molecule is COC(=O)N[C@@H](C(C)C)C(O)N1CCC[C@H]1C(=O)Nc1ccc2c(c1)OC(c1cc(F)cc(F)c1)n1c-2cc2cc(NC(=O)[C@@H]3CCCN3C(=O)[C@@H](NC(=O)OC)C(C)C)ccc21. The molecular formula is C45H53F2N7O9. The number of aromatic nitrogens is 1. The largest absolute Gasteiger partial charge is 0.465 e. The first-order valence-electron chi connectivity index (χ1n) is 21.1. The average molecular weight is 874 g/mol. The zero-order valence-corrected chi connectivity index (χ0v) is 35.9. The lowest BCUT2D eigenvalue weighted by atomic mass is 10.0. The maximum atomic E-state index is 14.8. The number of fused-ring (bicyclic) bond motifs is 5. The first-order chi connectivity index (χ1) is 30.1. The zero-order valence-electron chi connectivity index (χ0n) is 35.9. The van der Waals surface area contributed by atoms with Crippen LogP contribution in [0.5, 0.6) is 5.75 Å². The standard InChI is InChI=1S/C45H53F2N7O9/c1-23(2)37(50-44(59)61-5)41(57)52-15-7-9-33(52)39(55)48-29-12-14-32-25(19-29)20-35-31-13-11-30(22-36(31)63-43(54(32)35)26-17-27(46)21-28(47)18-26)49-40(56)34-10-8-16-53(34)42(58)38(24(3)4)51-45(60)62-6/h11-14,17-24,33-34,37-38,42-43,58H,7-10,15-16H2,1-6H3,(H,48,55)(H,49,56)(H,50,59)(H,51,60)/t33-,34-,37-,38-,42?,43?/m0/s1. The van der Waals surface area contributed by atoms with Gasteiger partial charge in [0.1, 0.15) is 35.7 Å². The molecule has 0 radical (unpaired) electrons. The summed E-state index contributed by atoms with van der Waals surface area (Å²) in [6.07, 6.45) is -1.52. The highest BCUT2D eigenvalue weighted by Gasteiger charge is 2.41. The van der Waals surface area contributed by atoms with E-state index in [4.69, 9.17) is 14.2 Å². The molecule has 7 rings (SSSR count). The van der Waals surface area contributed by atoms with E-state index in [-0.39, 0.29) is 29.2 Å². The van der Waals surface area contributed by atoms with Crippen LogP contribution < -0.4 is 26.0 Å². The molecule has 5 amide bonds. The van der Waals surface area contributed by atoms with Gasteiger partial charge in [0.15, 0.2) is 0 Å². The number of amides is 5. The van der Waals surface area contributed by atoms with Crippen molar-refractivity contribution >= 4 is 52.2 Å². The van der Waals surface area contributed by atoms with Crippen molar-refractivity contribution < 1.29 is 52.1 Å². The number of rotatable bonds is 12. The van der Waals surface area contributed by atoms with E-state index in [1.807, 2.05) is 19.9 Å². The maximum Gasteiger partial charge on any atom is 0.407 e. The molecule has 4 heterocycles. The molecule has 336 valence electrons. The molecule has 63 heavy (non-hydrogen) atoms. The summed E-state index contributed by atoms with van der Waals surface area (Å²) in [5, 5.41) is 23.2. The van der Waals surface area contributed by atoms with Crippen LogP contribution in [0.3, 0.4) is 0 Å². The Morgan fingerprint density at radius 2 is 1.38 bits per heavy atom. The highest BCUT2D eigenvalue weighted by atomic mass is 19.1. The van der Waals surface area contributed by atoms with Gasteiger partial charge in [-0.3, -0.25) is 19.3 Å². The fourth-order valence-corrected chi connectivity index (χ4v) is 8.80. The molecule has 18 heteroatoms. The third-order valence-electron chi connectivity index (χ3n) is 12.0. The van der Waals surface area contributed by atoms with Crippen molar-refractivity contribution in [2.24, 2.45) is 11.8 Å². The van der Waals surface area contributed by atoms with Crippen molar-refractivity contribution in [2.45, 2.75) is 90.0 Å². The van der Waals surface area contributed by atoms with Crippen molar-refractivity contribution in [3.8, 4) is 17.0 Å². The Kier molecular flexibility index (Phi) is 13.2. The van der Waals surface area contributed by atoms with Gasteiger partial charge in [0.25, 0.3) is 0 Å². The zero-order chi connectivity index (χ0) is 45.3. The number of nitrogens with one attached hydrogen (secondary N) is 4. The summed E-state index contributed by atoms with van der Waals surface area (Å²) in [4.78, 5) is 68.4. The Labute approximate surface area is 363 Å². The van der Waals surface area contributed by atoms with E-state index in [2.05, 4.69) is 21.3 Å². The molecular weight excluding hydrogens is 821 g/mol. The molecule has 0 spiro atoms. The highest BCUT2D eigenvalue weighted by Crippen LogP contribution is 2.46. The molecule has 0 saturated carbocycles. The third-order valence-corrected chi connectivity index (χ3v) is 12.0. The van der Waals surface area contributed by atoms with Gasteiger partial charge >= 0.3 is 12.2 Å². The van der Waals surface area contributed by atoms with Crippen LogP contribution >= 0.6 is 0 Å². The second kappa shape index (κ2) is 18.6. The molecule has 0 aliphatic carbocycles. The second-order valence-corrected chi connectivity index (χ2v) is 16.8. The molecule has 3 aliphatic heterocycles. The highest BCUT2D eigenvalue weighted by molar-refractivity contribution is 6.01. The molecule has 6 atom stereocenters. The molecule has 3 aromatic carbocycles. The molecule has 5 N–H and O–H groups in total. The summed E-state index contributed by atoms with van der Waals surface area (Å²) < 4.78 is 47.3. The molecule has 4 aromatic rings. The predicted molar refractivity (Wildman–Crippen MR) is 229 cm³/mol. The third kappa shape index (κ3) is 9.27. The molecule has 3 aliphatic rings. The van der Waals surface area contributed by atoms with Crippen molar-refractivity contribution in [1.82, 2.24) is 25.0 Å². The first-order valence-corrected chi connectivity index (χ1v) is 21.1. The number of carbonyl (C=O) groups excluding carboxylic acids is 5. The molecule has 16 nitrogen and oxygen atoms in total. The first kappa shape index (κ1) is 44.8. The van der Waals surface area contributed by atoms with E-state index in [9.17, 15) is 37.9 Å². The summed E-state index contributed by atoms with van der Waals surface area (Å²) in [6, 6.07) is 12.3.